The van der Waals surface area contributed by atoms with Crippen molar-refractivity contribution in [2.75, 3.05) is 53.4 Å². The maximum absolute atomic E-state index is 12.7. The van der Waals surface area contributed by atoms with Crippen LogP contribution in [0.25, 0.3) is 0 Å². The smallest absolute Gasteiger partial charge is 0.253 e. The third kappa shape index (κ3) is 3.02. The minimum atomic E-state index is -0.329. The SMILES string of the molecule is CN1CCOC(C(=O)N2CCN(C)C(c3nccn3C)C2)C1. The van der Waals surface area contributed by atoms with Crippen molar-refractivity contribution in [2.45, 2.75) is 12.1 Å². The van der Waals surface area contributed by atoms with E-state index in [0.29, 0.717) is 19.7 Å². The summed E-state index contributed by atoms with van der Waals surface area (Å²) in [5.74, 6) is 1.11. The minimum Gasteiger partial charge on any atom is -0.366 e. The highest BCUT2D eigenvalue weighted by atomic mass is 16.5. The summed E-state index contributed by atoms with van der Waals surface area (Å²) >= 11 is 0. The Bertz CT molecular complexity index is 532. The lowest BCUT2D eigenvalue weighted by molar-refractivity contribution is -0.151. The molecule has 3 heterocycles. The largest absolute Gasteiger partial charge is 0.366 e. The van der Waals surface area contributed by atoms with Gasteiger partial charge in [0, 0.05) is 52.2 Å². The molecule has 0 bridgehead atoms. The number of nitrogens with zero attached hydrogens (tertiary/aromatic N) is 5. The van der Waals surface area contributed by atoms with Gasteiger partial charge in [-0.1, -0.05) is 0 Å². The van der Waals surface area contributed by atoms with Crippen molar-refractivity contribution in [3.8, 4) is 0 Å². The van der Waals surface area contributed by atoms with Crippen molar-refractivity contribution in [1.82, 2.24) is 24.3 Å². The fourth-order valence-corrected chi connectivity index (χ4v) is 3.18. The lowest BCUT2D eigenvalue weighted by Crippen LogP contribution is -2.55. The Balaban J connectivity index is 1.70. The quantitative estimate of drug-likeness (QED) is 0.742. The van der Waals surface area contributed by atoms with E-state index in [0.717, 1.165) is 25.5 Å². The Morgan fingerprint density at radius 2 is 2.05 bits per heavy atom. The second kappa shape index (κ2) is 6.36. The molecule has 0 aromatic carbocycles. The average Bonchev–Trinajstić information content (AvgIpc) is 2.93. The zero-order valence-corrected chi connectivity index (χ0v) is 13.6. The van der Waals surface area contributed by atoms with Crippen molar-refractivity contribution in [2.24, 2.45) is 7.05 Å². The van der Waals surface area contributed by atoms with Crippen LogP contribution in [0.15, 0.2) is 12.4 Å². The van der Waals surface area contributed by atoms with E-state index in [4.69, 9.17) is 4.74 Å². The molecule has 1 amide bonds. The van der Waals surface area contributed by atoms with E-state index in [1.54, 1.807) is 0 Å². The third-order valence-electron chi connectivity index (χ3n) is 4.66. The summed E-state index contributed by atoms with van der Waals surface area (Å²) in [6, 6.07) is 0.138. The first-order valence-corrected chi connectivity index (χ1v) is 7.82. The Hall–Kier alpha value is -1.44. The highest BCUT2D eigenvalue weighted by molar-refractivity contribution is 5.81. The van der Waals surface area contributed by atoms with Crippen molar-refractivity contribution in [3.05, 3.63) is 18.2 Å². The van der Waals surface area contributed by atoms with Crippen LogP contribution in [-0.2, 0) is 16.6 Å². The maximum Gasteiger partial charge on any atom is 0.253 e. The number of rotatable bonds is 2. The monoisotopic (exact) mass is 307 g/mol. The number of morpholine rings is 1. The fraction of sp³-hybridized carbons (Fsp3) is 0.733. The molecule has 2 atom stereocenters. The predicted molar refractivity (Wildman–Crippen MR) is 82.4 cm³/mol. The minimum absolute atomic E-state index is 0.110. The molecule has 2 aliphatic heterocycles. The Morgan fingerprint density at radius 3 is 2.73 bits per heavy atom. The van der Waals surface area contributed by atoms with Gasteiger partial charge in [-0.25, -0.2) is 4.98 Å². The highest BCUT2D eigenvalue weighted by Crippen LogP contribution is 2.23. The number of piperazine rings is 1. The van der Waals surface area contributed by atoms with Crippen LogP contribution in [0.1, 0.15) is 11.9 Å². The Morgan fingerprint density at radius 1 is 1.23 bits per heavy atom. The van der Waals surface area contributed by atoms with Gasteiger partial charge in [0.05, 0.1) is 12.6 Å². The summed E-state index contributed by atoms with van der Waals surface area (Å²) in [4.78, 5) is 23.5. The fourth-order valence-electron chi connectivity index (χ4n) is 3.18. The number of ether oxygens (including phenoxy) is 1. The number of hydrogen-bond donors (Lipinski definition) is 0. The zero-order valence-electron chi connectivity index (χ0n) is 13.6. The van der Waals surface area contributed by atoms with Crippen LogP contribution < -0.4 is 0 Å². The van der Waals surface area contributed by atoms with E-state index in [-0.39, 0.29) is 18.1 Å². The van der Waals surface area contributed by atoms with Gasteiger partial charge in [-0.2, -0.15) is 0 Å². The van der Waals surface area contributed by atoms with Crippen LogP contribution in [0.3, 0.4) is 0 Å². The van der Waals surface area contributed by atoms with Crippen LogP contribution in [0, 0.1) is 0 Å². The average molecular weight is 307 g/mol. The molecule has 2 saturated heterocycles. The van der Waals surface area contributed by atoms with Gasteiger partial charge in [0.25, 0.3) is 5.91 Å². The van der Waals surface area contributed by atoms with Gasteiger partial charge >= 0.3 is 0 Å². The molecular weight excluding hydrogens is 282 g/mol. The first kappa shape index (κ1) is 15.5. The molecule has 7 nitrogen and oxygen atoms in total. The molecule has 122 valence electrons. The zero-order chi connectivity index (χ0) is 15.7. The number of aromatic nitrogens is 2. The molecule has 0 radical (unpaired) electrons. The number of likely N-dealkylation sites (N-methyl/N-ethyl adjacent to an activating group) is 2. The summed E-state index contributed by atoms with van der Waals surface area (Å²) in [5, 5.41) is 0. The third-order valence-corrected chi connectivity index (χ3v) is 4.66. The van der Waals surface area contributed by atoms with Gasteiger partial charge in [0.1, 0.15) is 11.9 Å². The molecule has 1 aromatic heterocycles. The predicted octanol–water partition coefficient (Wildman–Crippen LogP) is -0.434. The summed E-state index contributed by atoms with van der Waals surface area (Å²) in [5.41, 5.74) is 0. The molecule has 2 aliphatic rings. The van der Waals surface area contributed by atoms with Crippen LogP contribution >= 0.6 is 0 Å². The van der Waals surface area contributed by atoms with Gasteiger partial charge < -0.3 is 19.1 Å². The number of hydrogen-bond acceptors (Lipinski definition) is 5. The van der Waals surface area contributed by atoms with Crippen LogP contribution in [0.2, 0.25) is 0 Å². The second-order valence-corrected chi connectivity index (χ2v) is 6.30. The molecule has 7 heteroatoms. The van der Waals surface area contributed by atoms with Crippen molar-refractivity contribution >= 4 is 5.91 Å². The standard InChI is InChI=1S/C15H25N5O2/c1-17-8-9-22-13(11-17)15(21)20-7-6-18(2)12(10-20)14-16-4-5-19(14)3/h4-5,12-13H,6-11H2,1-3H3. The van der Waals surface area contributed by atoms with E-state index in [1.807, 2.05) is 36.0 Å². The van der Waals surface area contributed by atoms with Gasteiger partial charge in [-0.15, -0.1) is 0 Å². The van der Waals surface area contributed by atoms with Crippen LogP contribution in [0.5, 0.6) is 0 Å². The molecular formula is C15H25N5O2. The van der Waals surface area contributed by atoms with Gasteiger partial charge in [-0.3, -0.25) is 9.69 Å². The number of amides is 1. The van der Waals surface area contributed by atoms with E-state index in [2.05, 4.69) is 21.8 Å². The first-order chi connectivity index (χ1) is 10.6. The Kier molecular flexibility index (Phi) is 4.46. The molecule has 22 heavy (non-hydrogen) atoms. The summed E-state index contributed by atoms with van der Waals surface area (Å²) < 4.78 is 7.70. The number of aryl methyl sites for hydroxylation is 1. The van der Waals surface area contributed by atoms with Crippen molar-refractivity contribution in [1.29, 1.82) is 0 Å². The second-order valence-electron chi connectivity index (χ2n) is 6.30. The maximum atomic E-state index is 12.7. The van der Waals surface area contributed by atoms with Crippen molar-refractivity contribution in [3.63, 3.8) is 0 Å². The van der Waals surface area contributed by atoms with Crippen LogP contribution in [0.4, 0.5) is 0 Å². The van der Waals surface area contributed by atoms with Gasteiger partial charge in [0.15, 0.2) is 0 Å². The van der Waals surface area contributed by atoms with E-state index < -0.39 is 0 Å². The topological polar surface area (TPSA) is 53.8 Å². The molecule has 2 unspecified atom stereocenters. The number of imidazole rings is 1. The van der Waals surface area contributed by atoms with E-state index in [1.165, 1.54) is 0 Å². The molecule has 0 spiro atoms. The molecule has 3 rings (SSSR count). The molecule has 1 aromatic rings. The normalized spacial score (nSPS) is 28.0. The van der Waals surface area contributed by atoms with Crippen LogP contribution in [-0.4, -0.2) is 89.7 Å². The molecule has 2 fully saturated rings. The van der Waals surface area contributed by atoms with Crippen molar-refractivity contribution < 1.29 is 9.53 Å². The molecule has 0 aliphatic carbocycles. The molecule has 0 N–H and O–H groups in total. The van der Waals surface area contributed by atoms with E-state index >= 15 is 0 Å². The lowest BCUT2D eigenvalue weighted by atomic mass is 10.1. The van der Waals surface area contributed by atoms with Gasteiger partial charge in [-0.05, 0) is 14.1 Å². The number of carbonyl (C=O) groups excluding carboxylic acids is 1. The Labute approximate surface area is 131 Å². The van der Waals surface area contributed by atoms with E-state index in [9.17, 15) is 4.79 Å². The lowest BCUT2D eigenvalue weighted by Gasteiger charge is -2.41. The highest BCUT2D eigenvalue weighted by Gasteiger charge is 2.35. The van der Waals surface area contributed by atoms with Gasteiger partial charge in [0.2, 0.25) is 0 Å². The summed E-state index contributed by atoms with van der Waals surface area (Å²) in [7, 11) is 6.12. The summed E-state index contributed by atoms with van der Waals surface area (Å²) in [6.45, 7) is 4.47. The first-order valence-electron chi connectivity index (χ1n) is 7.82. The summed E-state index contributed by atoms with van der Waals surface area (Å²) in [6.07, 6.45) is 3.43. The molecule has 0 saturated carbocycles. The number of carbonyl (C=O) groups is 1.